The molecule has 0 bridgehead atoms. The van der Waals surface area contributed by atoms with Gasteiger partial charge in [-0.15, -0.1) is 0 Å². The summed E-state index contributed by atoms with van der Waals surface area (Å²) in [7, 11) is 0. The molecule has 1 aromatic carbocycles. The molecule has 108 valence electrons. The van der Waals surface area contributed by atoms with Gasteiger partial charge < -0.3 is 14.6 Å². The average Bonchev–Trinajstić information content (AvgIpc) is 2.79. The first kappa shape index (κ1) is 15.5. The van der Waals surface area contributed by atoms with Crippen molar-refractivity contribution in [2.24, 2.45) is 0 Å². The van der Waals surface area contributed by atoms with E-state index in [1.165, 1.54) is 0 Å². The van der Waals surface area contributed by atoms with E-state index >= 15 is 0 Å². The van der Waals surface area contributed by atoms with E-state index in [9.17, 15) is 0 Å². The molecule has 0 aliphatic rings. The normalized spacial score (nSPS) is 10.8. The van der Waals surface area contributed by atoms with E-state index in [0.29, 0.717) is 31.4 Å². The molecule has 2 aromatic rings. The topological polar surface area (TPSA) is 60.2 Å². The van der Waals surface area contributed by atoms with Crippen LogP contribution in [0, 0.1) is 6.92 Å². The van der Waals surface area contributed by atoms with Gasteiger partial charge in [0, 0.05) is 16.6 Å². The maximum atomic E-state index is 5.67. The van der Waals surface area contributed by atoms with Crippen molar-refractivity contribution in [2.75, 3.05) is 6.61 Å². The number of hydrogen-bond donors (Lipinski definition) is 1. The van der Waals surface area contributed by atoms with Crippen LogP contribution in [0.2, 0.25) is 0 Å². The van der Waals surface area contributed by atoms with E-state index in [-0.39, 0.29) is 0 Å². The molecule has 20 heavy (non-hydrogen) atoms. The number of aryl methyl sites for hydroxylation is 1. The van der Waals surface area contributed by atoms with E-state index in [4.69, 9.17) is 9.26 Å². The summed E-state index contributed by atoms with van der Waals surface area (Å²) in [4.78, 5) is 4.15. The molecule has 0 aliphatic heterocycles. The summed E-state index contributed by atoms with van der Waals surface area (Å²) in [6.45, 7) is 5.56. The Labute approximate surface area is 134 Å². The van der Waals surface area contributed by atoms with Gasteiger partial charge in [-0.05, 0) is 41.9 Å². The molecule has 0 spiro atoms. The van der Waals surface area contributed by atoms with Crippen LogP contribution in [0.5, 0.6) is 5.75 Å². The lowest BCUT2D eigenvalue weighted by Crippen LogP contribution is -2.14. The molecule has 2 rings (SSSR count). The monoisotopic (exact) mass is 403 g/mol. The number of nitrogens with one attached hydrogen (secondary N) is 1. The summed E-state index contributed by atoms with van der Waals surface area (Å²) in [6, 6.07) is 4.00. The molecule has 1 aromatic heterocycles. The zero-order valence-corrected chi connectivity index (χ0v) is 14.4. The Morgan fingerprint density at radius 1 is 1.30 bits per heavy atom. The van der Waals surface area contributed by atoms with E-state index in [0.717, 1.165) is 20.3 Å². The largest absolute Gasteiger partial charge is 0.492 e. The molecule has 0 fully saturated rings. The van der Waals surface area contributed by atoms with Crippen molar-refractivity contribution in [1.82, 2.24) is 15.5 Å². The molecular formula is C13H15Br2N3O2. The minimum absolute atomic E-state index is 0.524. The van der Waals surface area contributed by atoms with Gasteiger partial charge in [-0.1, -0.05) is 21.1 Å². The first-order valence-electron chi connectivity index (χ1n) is 6.20. The Balaban J connectivity index is 2.04. The van der Waals surface area contributed by atoms with Crippen molar-refractivity contribution in [3.63, 3.8) is 0 Å². The molecule has 0 saturated heterocycles. The van der Waals surface area contributed by atoms with Crippen LogP contribution >= 0.6 is 31.9 Å². The summed E-state index contributed by atoms with van der Waals surface area (Å²) in [6.07, 6.45) is 0. The third-order valence-electron chi connectivity index (χ3n) is 2.54. The summed E-state index contributed by atoms with van der Waals surface area (Å²) in [5.41, 5.74) is 1.06. The minimum atomic E-state index is 0.524. The lowest BCUT2D eigenvalue weighted by Gasteiger charge is -2.13. The maximum Gasteiger partial charge on any atom is 0.240 e. The zero-order chi connectivity index (χ0) is 14.5. The van der Waals surface area contributed by atoms with Gasteiger partial charge in [0.25, 0.3) is 0 Å². The van der Waals surface area contributed by atoms with E-state index < -0.39 is 0 Å². The average molecular weight is 405 g/mol. The van der Waals surface area contributed by atoms with Crippen molar-refractivity contribution in [3.8, 4) is 5.75 Å². The molecule has 0 amide bonds. The third-order valence-corrected chi connectivity index (χ3v) is 3.58. The van der Waals surface area contributed by atoms with Gasteiger partial charge in [0.05, 0.1) is 17.6 Å². The van der Waals surface area contributed by atoms with E-state index in [1.54, 1.807) is 6.92 Å². The van der Waals surface area contributed by atoms with Crippen LogP contribution < -0.4 is 10.1 Å². The second kappa shape index (κ2) is 7.19. The fraction of sp³-hybridized carbons (Fsp3) is 0.385. The predicted octanol–water partition coefficient (Wildman–Crippen LogP) is 3.59. The smallest absolute Gasteiger partial charge is 0.240 e. The van der Waals surface area contributed by atoms with E-state index in [2.05, 4.69) is 47.3 Å². The lowest BCUT2D eigenvalue weighted by molar-refractivity contribution is 0.331. The SMILES string of the molecule is CCOc1c(Br)cc(Br)cc1CNCc1nc(C)no1. The third kappa shape index (κ3) is 4.04. The highest BCUT2D eigenvalue weighted by Crippen LogP contribution is 2.32. The molecule has 0 radical (unpaired) electrons. The first-order valence-corrected chi connectivity index (χ1v) is 7.79. The molecular weight excluding hydrogens is 390 g/mol. The molecule has 0 aliphatic carbocycles. The standard InChI is InChI=1S/C13H15Br2N3O2/c1-3-19-13-9(4-10(14)5-11(13)15)6-16-7-12-17-8(2)18-20-12/h4-5,16H,3,6-7H2,1-2H3. The number of benzene rings is 1. The van der Waals surface area contributed by atoms with Crippen molar-refractivity contribution in [1.29, 1.82) is 0 Å². The van der Waals surface area contributed by atoms with Crippen LogP contribution in [0.3, 0.4) is 0 Å². The van der Waals surface area contributed by atoms with Gasteiger partial charge in [-0.2, -0.15) is 4.98 Å². The van der Waals surface area contributed by atoms with Gasteiger partial charge in [0.15, 0.2) is 5.82 Å². The van der Waals surface area contributed by atoms with E-state index in [1.807, 2.05) is 19.1 Å². The maximum absolute atomic E-state index is 5.67. The van der Waals surface area contributed by atoms with Crippen LogP contribution in [-0.2, 0) is 13.1 Å². The number of nitrogens with zero attached hydrogens (tertiary/aromatic N) is 2. The molecule has 0 unspecified atom stereocenters. The number of halogens is 2. The molecule has 7 heteroatoms. The summed E-state index contributed by atoms with van der Waals surface area (Å²) in [5.74, 6) is 2.07. The van der Waals surface area contributed by atoms with Crippen LogP contribution in [-0.4, -0.2) is 16.7 Å². The Morgan fingerprint density at radius 3 is 2.75 bits per heavy atom. The zero-order valence-electron chi connectivity index (χ0n) is 11.2. The molecule has 1 N–H and O–H groups in total. The fourth-order valence-electron chi connectivity index (χ4n) is 1.77. The van der Waals surface area contributed by atoms with Crippen LogP contribution in [0.25, 0.3) is 0 Å². The molecule has 1 heterocycles. The number of hydrogen-bond acceptors (Lipinski definition) is 5. The second-order valence-corrected chi connectivity index (χ2v) is 5.92. The summed E-state index contributed by atoms with van der Waals surface area (Å²) < 4.78 is 12.7. The van der Waals surface area contributed by atoms with Crippen molar-refractivity contribution in [3.05, 3.63) is 38.4 Å². The summed E-state index contributed by atoms with van der Waals surface area (Å²) in [5, 5.41) is 7.02. The fourth-order valence-corrected chi connectivity index (χ4v) is 3.20. The number of ether oxygens (including phenoxy) is 1. The van der Waals surface area contributed by atoms with Gasteiger partial charge in [0.1, 0.15) is 5.75 Å². The molecule has 5 nitrogen and oxygen atoms in total. The highest BCUT2D eigenvalue weighted by atomic mass is 79.9. The first-order chi connectivity index (χ1) is 9.60. The van der Waals surface area contributed by atoms with Crippen LogP contribution in [0.15, 0.2) is 25.6 Å². The minimum Gasteiger partial charge on any atom is -0.492 e. The van der Waals surface area contributed by atoms with Gasteiger partial charge >= 0.3 is 0 Å². The van der Waals surface area contributed by atoms with Crippen molar-refractivity contribution >= 4 is 31.9 Å². The highest BCUT2D eigenvalue weighted by molar-refractivity contribution is 9.11. The molecule has 0 saturated carbocycles. The van der Waals surface area contributed by atoms with Crippen molar-refractivity contribution in [2.45, 2.75) is 26.9 Å². The Hall–Kier alpha value is -0.920. The summed E-state index contributed by atoms with van der Waals surface area (Å²) >= 11 is 7.00. The Bertz CT molecular complexity index is 587. The van der Waals surface area contributed by atoms with Crippen LogP contribution in [0.4, 0.5) is 0 Å². The number of rotatable bonds is 6. The van der Waals surface area contributed by atoms with Gasteiger partial charge in [-0.25, -0.2) is 0 Å². The second-order valence-electron chi connectivity index (χ2n) is 4.15. The quantitative estimate of drug-likeness (QED) is 0.797. The predicted molar refractivity (Wildman–Crippen MR) is 82.6 cm³/mol. The van der Waals surface area contributed by atoms with Crippen molar-refractivity contribution < 1.29 is 9.26 Å². The number of aromatic nitrogens is 2. The Kier molecular flexibility index (Phi) is 5.56. The Morgan fingerprint density at radius 2 is 2.10 bits per heavy atom. The lowest BCUT2D eigenvalue weighted by atomic mass is 10.2. The highest BCUT2D eigenvalue weighted by Gasteiger charge is 2.10. The molecule has 0 atom stereocenters. The van der Waals surface area contributed by atoms with Gasteiger partial charge in [0.2, 0.25) is 5.89 Å². The van der Waals surface area contributed by atoms with Gasteiger partial charge in [-0.3, -0.25) is 0 Å². The van der Waals surface area contributed by atoms with Crippen LogP contribution in [0.1, 0.15) is 24.2 Å².